The molecule has 2 aromatic carbocycles. The molecular formula is C20H28N2O4S. The van der Waals surface area contributed by atoms with Crippen LogP contribution in [0.4, 0.5) is 5.69 Å². The van der Waals surface area contributed by atoms with Crippen LogP contribution < -0.4 is 14.8 Å². The van der Waals surface area contributed by atoms with Gasteiger partial charge in [0.25, 0.3) is 0 Å². The van der Waals surface area contributed by atoms with E-state index in [2.05, 4.69) is 42.1 Å². The maximum atomic E-state index is 11.2. The molecule has 148 valence electrons. The standard InChI is InChI=1S/C20H28N2O4S/c1-15-4-5-17(12-16(15)2)10-11-21-13-19(23)14-26-20-8-6-18(7-9-20)22-27(3,24)25/h4-9,12,19,21-23H,10-11,13-14H2,1-3H3/t19-/m1/s1. The van der Waals surface area contributed by atoms with Gasteiger partial charge in [0.15, 0.2) is 0 Å². The maximum absolute atomic E-state index is 11.2. The molecule has 0 heterocycles. The third-order valence-corrected chi connectivity index (χ3v) is 4.75. The number of hydrogen-bond donors (Lipinski definition) is 3. The Hall–Kier alpha value is -2.09. The number of sulfonamides is 1. The Labute approximate surface area is 161 Å². The number of nitrogens with one attached hydrogen (secondary N) is 2. The van der Waals surface area contributed by atoms with Crippen LogP contribution in [0, 0.1) is 13.8 Å². The molecule has 7 heteroatoms. The van der Waals surface area contributed by atoms with Crippen molar-refractivity contribution >= 4 is 15.7 Å². The third kappa shape index (κ3) is 7.99. The van der Waals surface area contributed by atoms with Crippen LogP contribution in [0.1, 0.15) is 16.7 Å². The summed E-state index contributed by atoms with van der Waals surface area (Å²) >= 11 is 0. The van der Waals surface area contributed by atoms with Crippen LogP contribution in [0.25, 0.3) is 0 Å². The second kappa shape index (κ2) is 9.73. The topological polar surface area (TPSA) is 87.7 Å². The smallest absolute Gasteiger partial charge is 0.229 e. The predicted molar refractivity (Wildman–Crippen MR) is 109 cm³/mol. The Morgan fingerprint density at radius 2 is 1.78 bits per heavy atom. The van der Waals surface area contributed by atoms with Gasteiger partial charge in [-0.25, -0.2) is 8.42 Å². The highest BCUT2D eigenvalue weighted by Gasteiger charge is 2.06. The number of aryl methyl sites for hydroxylation is 2. The van der Waals surface area contributed by atoms with Crippen molar-refractivity contribution in [3.05, 3.63) is 59.2 Å². The van der Waals surface area contributed by atoms with E-state index in [-0.39, 0.29) is 6.61 Å². The molecule has 3 N–H and O–H groups in total. The Kier molecular flexibility index (Phi) is 7.65. The van der Waals surface area contributed by atoms with E-state index in [1.54, 1.807) is 24.3 Å². The molecule has 27 heavy (non-hydrogen) atoms. The lowest BCUT2D eigenvalue weighted by Gasteiger charge is -2.14. The van der Waals surface area contributed by atoms with E-state index < -0.39 is 16.1 Å². The van der Waals surface area contributed by atoms with Gasteiger partial charge in [0.2, 0.25) is 10.0 Å². The van der Waals surface area contributed by atoms with E-state index in [1.165, 1.54) is 16.7 Å². The van der Waals surface area contributed by atoms with Crippen LogP contribution in [-0.4, -0.2) is 45.6 Å². The summed E-state index contributed by atoms with van der Waals surface area (Å²) in [4.78, 5) is 0. The Balaban J connectivity index is 1.67. The zero-order valence-electron chi connectivity index (χ0n) is 16.0. The molecule has 0 radical (unpaired) electrons. The predicted octanol–water partition coefficient (Wildman–Crippen LogP) is 2.25. The molecule has 0 amide bonds. The van der Waals surface area contributed by atoms with Crippen molar-refractivity contribution in [2.45, 2.75) is 26.4 Å². The average molecular weight is 393 g/mol. The van der Waals surface area contributed by atoms with Crippen LogP contribution in [-0.2, 0) is 16.4 Å². The summed E-state index contributed by atoms with van der Waals surface area (Å²) < 4.78 is 30.2. The number of anilines is 1. The molecule has 2 aromatic rings. The summed E-state index contributed by atoms with van der Waals surface area (Å²) in [5.74, 6) is 0.572. The Bertz CT molecular complexity index is 836. The fourth-order valence-corrected chi connectivity index (χ4v) is 3.11. The van der Waals surface area contributed by atoms with Gasteiger partial charge in [0.05, 0.1) is 6.26 Å². The molecule has 0 bridgehead atoms. The van der Waals surface area contributed by atoms with Gasteiger partial charge >= 0.3 is 0 Å². The van der Waals surface area contributed by atoms with Crippen LogP contribution >= 0.6 is 0 Å². The van der Waals surface area contributed by atoms with E-state index >= 15 is 0 Å². The summed E-state index contributed by atoms with van der Waals surface area (Å²) in [6.07, 6.45) is 1.38. The highest BCUT2D eigenvalue weighted by atomic mass is 32.2. The molecule has 0 fully saturated rings. The van der Waals surface area contributed by atoms with Gasteiger partial charge < -0.3 is 15.2 Å². The summed E-state index contributed by atoms with van der Waals surface area (Å²) in [6.45, 7) is 5.60. The van der Waals surface area contributed by atoms with Crippen molar-refractivity contribution < 1.29 is 18.3 Å². The molecule has 0 saturated heterocycles. The van der Waals surface area contributed by atoms with Gasteiger partial charge in [-0.15, -0.1) is 0 Å². The lowest BCUT2D eigenvalue weighted by molar-refractivity contribution is 0.106. The molecule has 6 nitrogen and oxygen atoms in total. The molecular weight excluding hydrogens is 364 g/mol. The first-order valence-corrected chi connectivity index (χ1v) is 10.8. The van der Waals surface area contributed by atoms with Crippen LogP contribution in [0.15, 0.2) is 42.5 Å². The van der Waals surface area contributed by atoms with Gasteiger partial charge in [0, 0.05) is 12.2 Å². The second-order valence-electron chi connectivity index (χ2n) is 6.74. The molecule has 2 rings (SSSR count). The minimum atomic E-state index is -3.29. The van der Waals surface area contributed by atoms with Gasteiger partial charge in [0.1, 0.15) is 18.5 Å². The Morgan fingerprint density at radius 1 is 1.07 bits per heavy atom. The minimum absolute atomic E-state index is 0.162. The zero-order valence-corrected chi connectivity index (χ0v) is 16.8. The van der Waals surface area contributed by atoms with Crippen molar-refractivity contribution in [1.29, 1.82) is 0 Å². The Morgan fingerprint density at radius 3 is 2.41 bits per heavy atom. The maximum Gasteiger partial charge on any atom is 0.229 e. The van der Waals surface area contributed by atoms with E-state index in [0.717, 1.165) is 19.2 Å². The molecule has 0 aliphatic carbocycles. The molecule has 0 spiro atoms. The largest absolute Gasteiger partial charge is 0.491 e. The van der Waals surface area contributed by atoms with E-state index in [4.69, 9.17) is 4.74 Å². The van der Waals surface area contributed by atoms with E-state index in [9.17, 15) is 13.5 Å². The van der Waals surface area contributed by atoms with Crippen molar-refractivity contribution in [2.75, 3.05) is 30.7 Å². The summed E-state index contributed by atoms with van der Waals surface area (Å²) in [7, 11) is -3.29. The van der Waals surface area contributed by atoms with E-state index in [1.807, 2.05) is 0 Å². The number of aliphatic hydroxyl groups is 1. The monoisotopic (exact) mass is 392 g/mol. The SMILES string of the molecule is Cc1ccc(CCNC[C@@H](O)COc2ccc(NS(C)(=O)=O)cc2)cc1C. The summed E-state index contributed by atoms with van der Waals surface area (Å²) in [5.41, 5.74) is 4.33. The molecule has 0 aliphatic rings. The number of rotatable bonds is 10. The van der Waals surface area contributed by atoms with Gasteiger partial charge in [-0.05, 0) is 67.8 Å². The van der Waals surface area contributed by atoms with Crippen molar-refractivity contribution in [3.63, 3.8) is 0 Å². The number of ether oxygens (including phenoxy) is 1. The first kappa shape index (κ1) is 21.2. The summed E-state index contributed by atoms with van der Waals surface area (Å²) in [6, 6.07) is 13.0. The number of aliphatic hydroxyl groups excluding tert-OH is 1. The van der Waals surface area contributed by atoms with Crippen LogP contribution in [0.5, 0.6) is 5.75 Å². The first-order chi connectivity index (χ1) is 12.7. The van der Waals surface area contributed by atoms with Crippen molar-refractivity contribution in [2.24, 2.45) is 0 Å². The van der Waals surface area contributed by atoms with Gasteiger partial charge in [-0.3, -0.25) is 4.72 Å². The van der Waals surface area contributed by atoms with E-state index in [0.29, 0.717) is 18.0 Å². The van der Waals surface area contributed by atoms with Crippen LogP contribution in [0.3, 0.4) is 0 Å². The van der Waals surface area contributed by atoms with Crippen molar-refractivity contribution in [1.82, 2.24) is 5.32 Å². The second-order valence-corrected chi connectivity index (χ2v) is 8.48. The number of hydrogen-bond acceptors (Lipinski definition) is 5. The minimum Gasteiger partial charge on any atom is -0.491 e. The van der Waals surface area contributed by atoms with Crippen LogP contribution in [0.2, 0.25) is 0 Å². The first-order valence-electron chi connectivity index (χ1n) is 8.88. The molecule has 0 unspecified atom stereocenters. The highest BCUT2D eigenvalue weighted by molar-refractivity contribution is 7.92. The molecule has 0 aromatic heterocycles. The number of benzene rings is 2. The summed E-state index contributed by atoms with van der Waals surface area (Å²) in [5, 5.41) is 13.2. The quantitative estimate of drug-likeness (QED) is 0.540. The van der Waals surface area contributed by atoms with Crippen molar-refractivity contribution in [3.8, 4) is 5.75 Å². The normalized spacial score (nSPS) is 12.6. The highest BCUT2D eigenvalue weighted by Crippen LogP contribution is 2.16. The lowest BCUT2D eigenvalue weighted by Crippen LogP contribution is -2.32. The molecule has 0 aliphatic heterocycles. The van der Waals surface area contributed by atoms with Gasteiger partial charge in [-0.1, -0.05) is 18.2 Å². The van der Waals surface area contributed by atoms with Gasteiger partial charge in [-0.2, -0.15) is 0 Å². The molecule has 0 saturated carbocycles. The fourth-order valence-electron chi connectivity index (χ4n) is 2.55. The zero-order chi connectivity index (χ0) is 19.9. The average Bonchev–Trinajstić information content (AvgIpc) is 2.60. The fraction of sp³-hybridized carbons (Fsp3) is 0.400. The molecule has 1 atom stereocenters. The lowest BCUT2D eigenvalue weighted by atomic mass is 10.0. The third-order valence-electron chi connectivity index (χ3n) is 4.14.